The molecular formula is C22H20N4O2S2. The molecule has 0 atom stereocenters. The summed E-state index contributed by atoms with van der Waals surface area (Å²) in [6.45, 7) is 1.90. The topological polar surface area (TPSA) is 76.9 Å². The van der Waals surface area contributed by atoms with Crippen molar-refractivity contribution in [1.29, 1.82) is 0 Å². The Morgan fingerprint density at radius 2 is 2.13 bits per heavy atom. The lowest BCUT2D eigenvalue weighted by atomic mass is 9.97. The minimum atomic E-state index is -0.286. The molecule has 0 radical (unpaired) electrons. The van der Waals surface area contributed by atoms with Gasteiger partial charge < -0.3 is 5.32 Å². The summed E-state index contributed by atoms with van der Waals surface area (Å²) in [6, 6.07) is 7.88. The van der Waals surface area contributed by atoms with E-state index in [1.54, 1.807) is 22.9 Å². The van der Waals surface area contributed by atoms with Crippen LogP contribution in [-0.2, 0) is 24.2 Å². The van der Waals surface area contributed by atoms with Gasteiger partial charge in [0.05, 0.1) is 5.39 Å². The Balaban J connectivity index is 1.67. The zero-order chi connectivity index (χ0) is 20.7. The van der Waals surface area contributed by atoms with Crippen LogP contribution < -0.4 is 10.9 Å². The number of carbonyl (C=O) groups excluding carboxylic acids is 1. The third kappa shape index (κ3) is 3.46. The van der Waals surface area contributed by atoms with Gasteiger partial charge >= 0.3 is 0 Å². The number of nitrogens with zero attached hydrogens (tertiary/aromatic N) is 3. The van der Waals surface area contributed by atoms with E-state index < -0.39 is 0 Å². The molecule has 1 aliphatic carbocycles. The molecule has 0 aliphatic heterocycles. The second kappa shape index (κ2) is 7.77. The highest BCUT2D eigenvalue weighted by atomic mass is 32.1. The van der Waals surface area contributed by atoms with Crippen molar-refractivity contribution >= 4 is 43.9 Å². The Morgan fingerprint density at radius 3 is 2.93 bits per heavy atom. The van der Waals surface area contributed by atoms with Gasteiger partial charge in [0.1, 0.15) is 17.2 Å². The maximum absolute atomic E-state index is 13.6. The highest BCUT2D eigenvalue weighted by Crippen LogP contribution is 2.35. The van der Waals surface area contributed by atoms with Gasteiger partial charge in [-0.25, -0.2) is 9.97 Å². The molecular weight excluding hydrogens is 416 g/mol. The average Bonchev–Trinajstić information content (AvgIpc) is 3.37. The quantitative estimate of drug-likeness (QED) is 0.514. The number of fused-ring (bicyclic) bond motifs is 3. The van der Waals surface area contributed by atoms with Crippen LogP contribution in [0, 0.1) is 6.92 Å². The van der Waals surface area contributed by atoms with Gasteiger partial charge in [0, 0.05) is 22.0 Å². The van der Waals surface area contributed by atoms with Crippen LogP contribution in [0.5, 0.6) is 0 Å². The van der Waals surface area contributed by atoms with Crippen molar-refractivity contribution in [3.8, 4) is 11.4 Å². The van der Waals surface area contributed by atoms with E-state index in [1.807, 2.05) is 31.2 Å². The summed E-state index contributed by atoms with van der Waals surface area (Å²) in [7, 11) is 0. The fourth-order valence-corrected chi connectivity index (χ4v) is 5.77. The summed E-state index contributed by atoms with van der Waals surface area (Å²) in [6.07, 6.45) is 5.77. The Kier molecular flexibility index (Phi) is 4.96. The summed E-state index contributed by atoms with van der Waals surface area (Å²) in [5, 5.41) is 5.78. The Hall–Kier alpha value is -2.84. The zero-order valence-corrected chi connectivity index (χ0v) is 18.1. The van der Waals surface area contributed by atoms with Crippen LogP contribution >= 0.6 is 22.7 Å². The van der Waals surface area contributed by atoms with Gasteiger partial charge in [-0.3, -0.25) is 14.2 Å². The Bertz CT molecular complexity index is 1300. The van der Waals surface area contributed by atoms with Crippen molar-refractivity contribution in [2.75, 3.05) is 5.32 Å². The van der Waals surface area contributed by atoms with Crippen LogP contribution in [0.15, 0.2) is 40.6 Å². The van der Waals surface area contributed by atoms with Crippen LogP contribution in [0.4, 0.5) is 5.13 Å². The van der Waals surface area contributed by atoms with Crippen molar-refractivity contribution < 1.29 is 4.79 Å². The van der Waals surface area contributed by atoms with E-state index >= 15 is 0 Å². The molecule has 0 saturated heterocycles. The molecule has 1 aliphatic rings. The molecule has 1 N–H and O–H groups in total. The zero-order valence-electron chi connectivity index (χ0n) is 16.5. The maximum atomic E-state index is 13.6. The first-order valence-corrected chi connectivity index (χ1v) is 11.6. The SMILES string of the molecule is Cc1cccc(-c2nc3sc4c(c3c(=O)n2CC(=O)Nc2nccs2)CCCC4)c1. The molecule has 0 fully saturated rings. The first kappa shape index (κ1) is 19.1. The van der Waals surface area contributed by atoms with E-state index in [0.29, 0.717) is 16.3 Å². The normalized spacial score (nSPS) is 13.4. The second-order valence-electron chi connectivity index (χ2n) is 7.47. The molecule has 0 spiro atoms. The molecule has 0 saturated carbocycles. The number of rotatable bonds is 4. The molecule has 4 aromatic rings. The number of thiophene rings is 1. The fraction of sp³-hybridized carbons (Fsp3) is 0.273. The lowest BCUT2D eigenvalue weighted by molar-refractivity contribution is -0.116. The van der Waals surface area contributed by atoms with Gasteiger partial charge in [0.25, 0.3) is 5.56 Å². The van der Waals surface area contributed by atoms with Gasteiger partial charge in [-0.2, -0.15) is 0 Å². The predicted molar refractivity (Wildman–Crippen MR) is 121 cm³/mol. The Labute approximate surface area is 181 Å². The number of anilines is 1. The molecule has 0 bridgehead atoms. The molecule has 6 nitrogen and oxygen atoms in total. The number of nitrogens with one attached hydrogen (secondary N) is 1. The van der Waals surface area contributed by atoms with Gasteiger partial charge in [-0.05, 0) is 44.2 Å². The number of benzene rings is 1. The van der Waals surface area contributed by atoms with E-state index in [2.05, 4.69) is 10.3 Å². The monoisotopic (exact) mass is 436 g/mol. The standard InChI is InChI=1S/C22H20N4O2S2/c1-13-5-4-6-14(11-13)19-25-20-18(15-7-2-3-8-16(15)30-20)21(28)26(19)12-17(27)24-22-23-9-10-29-22/h4-6,9-11H,2-3,7-8,12H2,1H3,(H,23,24,27). The van der Waals surface area contributed by atoms with Crippen molar-refractivity contribution in [3.05, 3.63) is 62.2 Å². The summed E-state index contributed by atoms with van der Waals surface area (Å²) in [5.74, 6) is 0.246. The number of aromatic nitrogens is 3. The van der Waals surface area contributed by atoms with Crippen molar-refractivity contribution in [1.82, 2.24) is 14.5 Å². The maximum Gasteiger partial charge on any atom is 0.263 e. The first-order chi connectivity index (χ1) is 14.6. The number of hydrogen-bond donors (Lipinski definition) is 1. The number of amides is 1. The molecule has 3 aromatic heterocycles. The van der Waals surface area contributed by atoms with Gasteiger partial charge in [0.2, 0.25) is 5.91 Å². The highest BCUT2D eigenvalue weighted by Gasteiger charge is 2.23. The van der Waals surface area contributed by atoms with Crippen LogP contribution in [-0.4, -0.2) is 20.4 Å². The number of carbonyl (C=O) groups is 1. The van der Waals surface area contributed by atoms with Gasteiger partial charge in [-0.15, -0.1) is 22.7 Å². The minimum absolute atomic E-state index is 0.102. The molecule has 3 heterocycles. The number of hydrogen-bond acceptors (Lipinski definition) is 6. The van der Waals surface area contributed by atoms with Crippen molar-refractivity contribution in [2.45, 2.75) is 39.2 Å². The first-order valence-electron chi connectivity index (χ1n) is 9.91. The summed E-state index contributed by atoms with van der Waals surface area (Å²) >= 11 is 2.97. The molecule has 5 rings (SSSR count). The molecule has 8 heteroatoms. The van der Waals surface area contributed by atoms with Crippen LogP contribution in [0.2, 0.25) is 0 Å². The molecule has 152 valence electrons. The average molecular weight is 437 g/mol. The van der Waals surface area contributed by atoms with E-state index in [4.69, 9.17) is 4.98 Å². The summed E-state index contributed by atoms with van der Waals surface area (Å²) in [4.78, 5) is 37.4. The number of thiazole rings is 1. The molecule has 30 heavy (non-hydrogen) atoms. The lowest BCUT2D eigenvalue weighted by Gasteiger charge is -2.14. The van der Waals surface area contributed by atoms with E-state index in [9.17, 15) is 9.59 Å². The second-order valence-corrected chi connectivity index (χ2v) is 9.45. The van der Waals surface area contributed by atoms with Gasteiger partial charge in [-0.1, -0.05) is 23.8 Å². The Morgan fingerprint density at radius 1 is 1.27 bits per heavy atom. The lowest BCUT2D eigenvalue weighted by Crippen LogP contribution is -2.30. The minimum Gasteiger partial charge on any atom is -0.300 e. The molecule has 0 unspecified atom stereocenters. The molecule has 1 amide bonds. The van der Waals surface area contributed by atoms with Crippen LogP contribution in [0.25, 0.3) is 21.6 Å². The van der Waals surface area contributed by atoms with Crippen molar-refractivity contribution in [2.24, 2.45) is 0 Å². The molecule has 1 aromatic carbocycles. The largest absolute Gasteiger partial charge is 0.300 e. The fourth-order valence-electron chi connectivity index (χ4n) is 3.98. The van der Waals surface area contributed by atoms with Gasteiger partial charge in [0.15, 0.2) is 5.13 Å². The van der Waals surface area contributed by atoms with Crippen LogP contribution in [0.3, 0.4) is 0 Å². The third-order valence-electron chi connectivity index (χ3n) is 5.33. The van der Waals surface area contributed by atoms with Crippen molar-refractivity contribution in [3.63, 3.8) is 0 Å². The highest BCUT2D eigenvalue weighted by molar-refractivity contribution is 7.18. The van der Waals surface area contributed by atoms with Crippen LogP contribution in [0.1, 0.15) is 28.8 Å². The number of aryl methyl sites for hydroxylation is 3. The predicted octanol–water partition coefficient (Wildman–Crippen LogP) is 4.41. The van der Waals surface area contributed by atoms with E-state index in [-0.39, 0.29) is 18.0 Å². The van der Waals surface area contributed by atoms with E-state index in [0.717, 1.165) is 47.2 Å². The smallest absolute Gasteiger partial charge is 0.263 e. The third-order valence-corrected chi connectivity index (χ3v) is 7.21. The summed E-state index contributed by atoms with van der Waals surface area (Å²) < 4.78 is 1.52. The van der Waals surface area contributed by atoms with E-state index in [1.165, 1.54) is 20.8 Å². The summed E-state index contributed by atoms with van der Waals surface area (Å²) in [5.41, 5.74) is 2.90.